The topological polar surface area (TPSA) is 64.4 Å². The first-order valence-corrected chi connectivity index (χ1v) is 8.16. The monoisotopic (exact) mass is 386 g/mol. The van der Waals surface area contributed by atoms with Crippen molar-refractivity contribution in [1.29, 1.82) is 0 Å². The zero-order valence-corrected chi connectivity index (χ0v) is 14.5. The molecule has 0 radical (unpaired) electrons. The molecule has 0 saturated carbocycles. The van der Waals surface area contributed by atoms with Gasteiger partial charge in [0.15, 0.2) is 6.10 Å². The second-order valence-electron chi connectivity index (χ2n) is 5.18. The van der Waals surface area contributed by atoms with Crippen molar-refractivity contribution >= 4 is 21.9 Å². The first kappa shape index (κ1) is 16.3. The predicted molar refractivity (Wildman–Crippen MR) is 94.4 cm³/mol. The van der Waals surface area contributed by atoms with Gasteiger partial charge in [-0.15, -0.1) is 5.10 Å². The van der Waals surface area contributed by atoms with Crippen LogP contribution in [-0.2, 0) is 4.79 Å². The second kappa shape index (κ2) is 6.88. The molecule has 1 N–H and O–H groups in total. The summed E-state index contributed by atoms with van der Waals surface area (Å²) in [6.07, 6.45) is -0.996. The van der Waals surface area contributed by atoms with Gasteiger partial charge in [0.25, 0.3) is 0 Å². The summed E-state index contributed by atoms with van der Waals surface area (Å²) in [7, 11) is 0. The van der Waals surface area contributed by atoms with E-state index in [2.05, 4.69) is 21.0 Å². The van der Waals surface area contributed by atoms with Crippen molar-refractivity contribution in [3.8, 4) is 22.8 Å². The Hall–Kier alpha value is -2.60. The third-order valence-corrected chi connectivity index (χ3v) is 4.20. The molecule has 1 aromatic heterocycles. The standard InChI is InChI=1S/C18H15BrN2O3/c1-12(18(22)23)24-17-15(19)16(13-8-4-2-5-9-13)21(20-17)14-10-6-3-7-11-14/h2-12H,1H3,(H,22,23). The van der Waals surface area contributed by atoms with Gasteiger partial charge in [0.2, 0.25) is 5.88 Å². The van der Waals surface area contributed by atoms with E-state index in [9.17, 15) is 4.79 Å². The number of nitrogens with zero attached hydrogens (tertiary/aromatic N) is 2. The molecule has 0 spiro atoms. The lowest BCUT2D eigenvalue weighted by Gasteiger charge is -2.07. The number of carbonyl (C=O) groups is 1. The number of halogens is 1. The van der Waals surface area contributed by atoms with Gasteiger partial charge >= 0.3 is 5.97 Å². The van der Waals surface area contributed by atoms with Crippen molar-refractivity contribution in [3.63, 3.8) is 0 Å². The zero-order valence-electron chi connectivity index (χ0n) is 12.9. The highest BCUT2D eigenvalue weighted by Crippen LogP contribution is 2.37. The summed E-state index contributed by atoms with van der Waals surface area (Å²) in [6.45, 7) is 1.47. The SMILES string of the molecule is CC(Oc1nn(-c2ccccc2)c(-c2ccccc2)c1Br)C(=O)O. The van der Waals surface area contributed by atoms with Gasteiger partial charge in [-0.1, -0.05) is 48.5 Å². The summed E-state index contributed by atoms with van der Waals surface area (Å²) in [6, 6.07) is 19.3. The first-order chi connectivity index (χ1) is 11.6. The molecular formula is C18H15BrN2O3. The van der Waals surface area contributed by atoms with Crippen LogP contribution >= 0.6 is 15.9 Å². The zero-order chi connectivity index (χ0) is 17.1. The summed E-state index contributed by atoms with van der Waals surface area (Å²) in [5, 5.41) is 13.5. The number of carboxylic acid groups (broad SMARTS) is 1. The van der Waals surface area contributed by atoms with Crippen molar-refractivity contribution < 1.29 is 14.6 Å². The van der Waals surface area contributed by atoms with Gasteiger partial charge in [-0.25, -0.2) is 9.48 Å². The molecule has 3 aromatic rings. The van der Waals surface area contributed by atoms with E-state index in [-0.39, 0.29) is 5.88 Å². The Bertz CT molecular complexity index is 847. The van der Waals surface area contributed by atoms with Crippen molar-refractivity contribution in [2.75, 3.05) is 0 Å². The van der Waals surface area contributed by atoms with Crippen LogP contribution in [0.15, 0.2) is 65.1 Å². The van der Waals surface area contributed by atoms with Gasteiger partial charge in [-0.2, -0.15) is 0 Å². The maximum Gasteiger partial charge on any atom is 0.344 e. The summed E-state index contributed by atoms with van der Waals surface area (Å²) >= 11 is 3.51. The summed E-state index contributed by atoms with van der Waals surface area (Å²) < 4.78 is 7.85. The van der Waals surface area contributed by atoms with E-state index in [4.69, 9.17) is 9.84 Å². The summed E-state index contributed by atoms with van der Waals surface area (Å²) in [5.74, 6) is -0.801. The molecule has 0 aliphatic rings. The quantitative estimate of drug-likeness (QED) is 0.714. The van der Waals surface area contributed by atoms with Crippen LogP contribution in [-0.4, -0.2) is 27.0 Å². The lowest BCUT2D eigenvalue weighted by molar-refractivity contribution is -0.144. The Labute approximate surface area is 147 Å². The number of aliphatic carboxylic acids is 1. The van der Waals surface area contributed by atoms with Gasteiger partial charge in [-0.05, 0) is 35.0 Å². The molecule has 0 saturated heterocycles. The van der Waals surface area contributed by atoms with Crippen LogP contribution in [0.3, 0.4) is 0 Å². The first-order valence-electron chi connectivity index (χ1n) is 7.36. The number of carboxylic acids is 1. The van der Waals surface area contributed by atoms with Crippen LogP contribution in [0.1, 0.15) is 6.92 Å². The highest BCUT2D eigenvalue weighted by atomic mass is 79.9. The van der Waals surface area contributed by atoms with E-state index >= 15 is 0 Å². The molecule has 0 amide bonds. The van der Waals surface area contributed by atoms with Gasteiger partial charge in [0.1, 0.15) is 4.47 Å². The molecule has 122 valence electrons. The van der Waals surface area contributed by atoms with Crippen LogP contribution in [0.25, 0.3) is 16.9 Å². The number of ether oxygens (including phenoxy) is 1. The molecule has 6 heteroatoms. The van der Waals surface area contributed by atoms with E-state index in [0.29, 0.717) is 4.47 Å². The molecule has 0 bridgehead atoms. The summed E-state index contributed by atoms with van der Waals surface area (Å²) in [4.78, 5) is 11.1. The minimum atomic E-state index is -1.04. The third-order valence-electron chi connectivity index (χ3n) is 3.48. The Morgan fingerprint density at radius 1 is 1.12 bits per heavy atom. The van der Waals surface area contributed by atoms with E-state index in [1.54, 1.807) is 4.68 Å². The Morgan fingerprint density at radius 3 is 2.29 bits per heavy atom. The minimum Gasteiger partial charge on any atom is -0.479 e. The number of para-hydroxylation sites is 1. The normalized spacial score (nSPS) is 11.9. The molecule has 2 aromatic carbocycles. The highest BCUT2D eigenvalue weighted by molar-refractivity contribution is 9.10. The van der Waals surface area contributed by atoms with Gasteiger partial charge < -0.3 is 9.84 Å². The van der Waals surface area contributed by atoms with Gasteiger partial charge in [0, 0.05) is 5.56 Å². The Morgan fingerprint density at radius 2 is 1.71 bits per heavy atom. The molecule has 3 rings (SSSR count). The fourth-order valence-electron chi connectivity index (χ4n) is 2.27. The Kier molecular flexibility index (Phi) is 4.66. The molecular weight excluding hydrogens is 372 g/mol. The average Bonchev–Trinajstić information content (AvgIpc) is 2.93. The van der Waals surface area contributed by atoms with Crippen LogP contribution < -0.4 is 4.74 Å². The molecule has 0 aliphatic heterocycles. The van der Waals surface area contributed by atoms with Crippen LogP contribution in [0.5, 0.6) is 5.88 Å². The van der Waals surface area contributed by atoms with E-state index in [1.807, 2.05) is 60.7 Å². The van der Waals surface area contributed by atoms with Crippen molar-refractivity contribution in [2.24, 2.45) is 0 Å². The lowest BCUT2D eigenvalue weighted by atomic mass is 10.1. The molecule has 1 unspecified atom stereocenters. The Balaban J connectivity index is 2.15. The van der Waals surface area contributed by atoms with Crippen molar-refractivity contribution in [2.45, 2.75) is 13.0 Å². The number of aromatic nitrogens is 2. The van der Waals surface area contributed by atoms with Crippen LogP contribution in [0.2, 0.25) is 0 Å². The largest absolute Gasteiger partial charge is 0.479 e. The molecule has 1 atom stereocenters. The highest BCUT2D eigenvalue weighted by Gasteiger charge is 2.23. The third kappa shape index (κ3) is 3.19. The average molecular weight is 387 g/mol. The molecule has 24 heavy (non-hydrogen) atoms. The number of hydrogen-bond acceptors (Lipinski definition) is 3. The van der Waals surface area contributed by atoms with Crippen molar-refractivity contribution in [3.05, 3.63) is 65.1 Å². The smallest absolute Gasteiger partial charge is 0.344 e. The lowest BCUT2D eigenvalue weighted by Crippen LogP contribution is -2.23. The molecule has 1 heterocycles. The van der Waals surface area contributed by atoms with Crippen molar-refractivity contribution in [1.82, 2.24) is 9.78 Å². The number of rotatable bonds is 5. The maximum absolute atomic E-state index is 11.1. The van der Waals surface area contributed by atoms with Crippen LogP contribution in [0, 0.1) is 0 Å². The molecule has 0 aliphatic carbocycles. The fourth-order valence-corrected chi connectivity index (χ4v) is 2.84. The molecule has 5 nitrogen and oxygen atoms in total. The predicted octanol–water partition coefficient (Wildman–Crippen LogP) is 4.15. The van der Waals surface area contributed by atoms with E-state index in [0.717, 1.165) is 16.9 Å². The van der Waals surface area contributed by atoms with Gasteiger partial charge in [0.05, 0.1) is 11.4 Å². The van der Waals surface area contributed by atoms with Crippen LogP contribution in [0.4, 0.5) is 0 Å². The number of hydrogen-bond donors (Lipinski definition) is 1. The molecule has 0 fully saturated rings. The summed E-state index contributed by atoms with van der Waals surface area (Å²) in [5.41, 5.74) is 2.60. The second-order valence-corrected chi connectivity index (χ2v) is 5.97. The van der Waals surface area contributed by atoms with E-state index < -0.39 is 12.1 Å². The fraction of sp³-hybridized carbons (Fsp3) is 0.111. The van der Waals surface area contributed by atoms with E-state index in [1.165, 1.54) is 6.92 Å². The maximum atomic E-state index is 11.1. The number of benzene rings is 2. The van der Waals surface area contributed by atoms with Gasteiger partial charge in [-0.3, -0.25) is 0 Å². The minimum absolute atomic E-state index is 0.243.